The summed E-state index contributed by atoms with van der Waals surface area (Å²) < 4.78 is 30.3. The molecule has 0 amide bonds. The van der Waals surface area contributed by atoms with E-state index in [-0.39, 0.29) is 24.1 Å². The van der Waals surface area contributed by atoms with Crippen LogP contribution in [-0.2, 0) is 31.5 Å². The van der Waals surface area contributed by atoms with Crippen LogP contribution in [0.25, 0.3) is 22.2 Å². The van der Waals surface area contributed by atoms with Gasteiger partial charge in [-0.1, -0.05) is 18.2 Å². The summed E-state index contributed by atoms with van der Waals surface area (Å²) in [7, 11) is 1.83. The maximum Gasteiger partial charge on any atom is 0.335 e. The molecule has 2 aliphatic heterocycles. The predicted octanol–water partition coefficient (Wildman–Crippen LogP) is 5.42. The lowest BCUT2D eigenvalue weighted by Crippen LogP contribution is -2.35. The van der Waals surface area contributed by atoms with E-state index in [1.165, 1.54) is 6.07 Å². The van der Waals surface area contributed by atoms with E-state index in [0.717, 1.165) is 72.6 Å². The number of halogens is 1. The summed E-state index contributed by atoms with van der Waals surface area (Å²) in [5.74, 6) is 0.435. The fourth-order valence-corrected chi connectivity index (χ4v) is 6.15. The first-order chi connectivity index (χ1) is 21.9. The van der Waals surface area contributed by atoms with Gasteiger partial charge in [-0.2, -0.15) is 5.10 Å². The number of carboxylic acids is 1. The second kappa shape index (κ2) is 12.4. The molecule has 11 heteroatoms. The number of carbonyl (C=O) groups is 1. The van der Waals surface area contributed by atoms with E-state index in [9.17, 15) is 14.3 Å². The fraction of sp³-hybridized carbons (Fsp3) is 0.353. The van der Waals surface area contributed by atoms with Crippen molar-refractivity contribution < 1.29 is 23.8 Å². The van der Waals surface area contributed by atoms with Crippen LogP contribution >= 0.6 is 0 Å². The Labute approximate surface area is 260 Å². The minimum absolute atomic E-state index is 0.0922. The van der Waals surface area contributed by atoms with Crippen LogP contribution in [0, 0.1) is 5.82 Å². The van der Waals surface area contributed by atoms with Crippen molar-refractivity contribution in [3.8, 4) is 17.0 Å². The molecular weight excluding hydrogens is 575 g/mol. The summed E-state index contributed by atoms with van der Waals surface area (Å²) in [5, 5.41) is 13.7. The number of imidazole rings is 1. The molecule has 0 unspecified atom stereocenters. The molecule has 3 aromatic heterocycles. The topological polar surface area (TPSA) is 108 Å². The Kier molecular flexibility index (Phi) is 8.03. The van der Waals surface area contributed by atoms with E-state index < -0.39 is 5.97 Å². The van der Waals surface area contributed by atoms with Gasteiger partial charge in [0.1, 0.15) is 18.2 Å². The molecule has 7 rings (SSSR count). The number of aryl methyl sites for hydroxylation is 1. The standard InChI is InChI=1S/C34H35FN6O4/c1-39-18-26(17-36-39)23-5-6-25(28(35)15-23)21-45-33-4-2-3-29(38-33)22-9-12-40(13-10-22)20-32-37-30-8-7-24(34(42)43)16-31(30)41(32)19-27-11-14-44-27/h2-8,15-18,22,27H,9-14,19-21H2,1H3,(H,42,43)/t27-/m0/s1. The summed E-state index contributed by atoms with van der Waals surface area (Å²) in [5.41, 5.74) is 4.98. The van der Waals surface area contributed by atoms with Crippen molar-refractivity contribution >= 4 is 17.0 Å². The van der Waals surface area contributed by atoms with Gasteiger partial charge in [-0.25, -0.2) is 19.2 Å². The lowest BCUT2D eigenvalue weighted by atomic mass is 9.93. The highest BCUT2D eigenvalue weighted by Crippen LogP contribution is 2.30. The van der Waals surface area contributed by atoms with Crippen molar-refractivity contribution in [2.24, 2.45) is 7.05 Å². The summed E-state index contributed by atoms with van der Waals surface area (Å²) in [6.07, 6.45) is 6.57. The Hall–Kier alpha value is -4.61. The first kappa shape index (κ1) is 29.1. The first-order valence-electron chi connectivity index (χ1n) is 15.3. The number of piperidine rings is 1. The van der Waals surface area contributed by atoms with Gasteiger partial charge in [0.25, 0.3) is 0 Å². The van der Waals surface area contributed by atoms with Crippen LogP contribution in [0.5, 0.6) is 5.88 Å². The van der Waals surface area contributed by atoms with Gasteiger partial charge in [0.15, 0.2) is 0 Å². The second-order valence-electron chi connectivity index (χ2n) is 11.9. The summed E-state index contributed by atoms with van der Waals surface area (Å²) in [4.78, 5) is 23.7. The number of pyridine rings is 1. The van der Waals surface area contributed by atoms with Gasteiger partial charge in [-0.15, -0.1) is 0 Å². The average Bonchev–Trinajstić information content (AvgIpc) is 3.61. The zero-order valence-electron chi connectivity index (χ0n) is 25.1. The van der Waals surface area contributed by atoms with Crippen molar-refractivity contribution in [2.45, 2.75) is 51.0 Å². The molecule has 2 saturated heterocycles. The monoisotopic (exact) mass is 610 g/mol. The molecule has 0 saturated carbocycles. The number of likely N-dealkylation sites (tertiary alicyclic amines) is 1. The molecule has 10 nitrogen and oxygen atoms in total. The number of nitrogens with zero attached hydrogens (tertiary/aromatic N) is 6. The SMILES string of the molecule is Cn1cc(-c2ccc(COc3cccc(C4CCN(Cc5nc6ccc(C(=O)O)cc6n5C[C@@H]5CCO5)CC4)n3)c(F)c2)cn1. The number of aromatic nitrogens is 5. The number of carboxylic acid groups (broad SMARTS) is 1. The van der Waals surface area contributed by atoms with Gasteiger partial charge in [-0.05, 0) is 68.2 Å². The van der Waals surface area contributed by atoms with E-state index in [4.69, 9.17) is 19.4 Å². The average molecular weight is 611 g/mol. The van der Waals surface area contributed by atoms with E-state index >= 15 is 0 Å². The third kappa shape index (κ3) is 6.31. The molecule has 2 aliphatic rings. The molecule has 1 N–H and O–H groups in total. The highest BCUT2D eigenvalue weighted by Gasteiger charge is 2.26. The van der Waals surface area contributed by atoms with Crippen LogP contribution in [0.3, 0.4) is 0 Å². The van der Waals surface area contributed by atoms with Crippen LogP contribution in [0.15, 0.2) is 67.0 Å². The largest absolute Gasteiger partial charge is 0.478 e. The number of aromatic carboxylic acids is 1. The molecule has 45 heavy (non-hydrogen) atoms. The Balaban J connectivity index is 0.982. The lowest BCUT2D eigenvalue weighted by molar-refractivity contribution is -0.0592. The van der Waals surface area contributed by atoms with Crippen LogP contribution < -0.4 is 4.74 Å². The minimum atomic E-state index is -0.946. The minimum Gasteiger partial charge on any atom is -0.478 e. The van der Waals surface area contributed by atoms with Crippen molar-refractivity contribution in [3.63, 3.8) is 0 Å². The van der Waals surface area contributed by atoms with Gasteiger partial charge in [0, 0.05) is 48.7 Å². The Bertz CT molecular complexity index is 1840. The molecule has 0 bridgehead atoms. The van der Waals surface area contributed by atoms with E-state index in [2.05, 4.69) is 14.6 Å². The van der Waals surface area contributed by atoms with E-state index in [1.807, 2.05) is 37.5 Å². The molecule has 2 aromatic carbocycles. The molecule has 5 aromatic rings. The third-order valence-electron chi connectivity index (χ3n) is 8.84. The van der Waals surface area contributed by atoms with Gasteiger partial charge < -0.3 is 19.1 Å². The summed E-state index contributed by atoms with van der Waals surface area (Å²) in [6.45, 7) is 3.97. The number of benzene rings is 2. The van der Waals surface area contributed by atoms with Crippen LogP contribution in [0.2, 0.25) is 0 Å². The zero-order valence-corrected chi connectivity index (χ0v) is 25.1. The molecular formula is C34H35FN6O4. The van der Waals surface area contributed by atoms with Crippen LogP contribution in [-0.4, -0.2) is 66.1 Å². The van der Waals surface area contributed by atoms with Gasteiger partial charge in [0.05, 0.1) is 42.0 Å². The highest BCUT2D eigenvalue weighted by molar-refractivity contribution is 5.92. The van der Waals surface area contributed by atoms with Crippen LogP contribution in [0.1, 0.15) is 52.6 Å². The third-order valence-corrected chi connectivity index (χ3v) is 8.84. The van der Waals surface area contributed by atoms with E-state index in [0.29, 0.717) is 30.5 Å². The lowest BCUT2D eigenvalue weighted by Gasteiger charge is -2.32. The normalized spacial score (nSPS) is 17.4. The quantitative estimate of drug-likeness (QED) is 0.224. The van der Waals surface area contributed by atoms with Gasteiger partial charge >= 0.3 is 5.97 Å². The molecule has 0 radical (unpaired) electrons. The smallest absolute Gasteiger partial charge is 0.335 e. The highest BCUT2D eigenvalue weighted by atomic mass is 19.1. The summed E-state index contributed by atoms with van der Waals surface area (Å²) >= 11 is 0. The van der Waals surface area contributed by atoms with Crippen molar-refractivity contribution in [3.05, 3.63) is 95.5 Å². The fourth-order valence-electron chi connectivity index (χ4n) is 6.15. The zero-order chi connectivity index (χ0) is 30.9. The number of ether oxygens (including phenoxy) is 2. The van der Waals surface area contributed by atoms with Crippen molar-refractivity contribution in [1.82, 2.24) is 29.2 Å². The number of hydrogen-bond donors (Lipinski definition) is 1. The Morgan fingerprint density at radius 2 is 1.91 bits per heavy atom. The Morgan fingerprint density at radius 1 is 1.07 bits per heavy atom. The van der Waals surface area contributed by atoms with Crippen molar-refractivity contribution in [2.75, 3.05) is 19.7 Å². The Morgan fingerprint density at radius 3 is 2.62 bits per heavy atom. The second-order valence-corrected chi connectivity index (χ2v) is 11.9. The predicted molar refractivity (Wildman–Crippen MR) is 165 cm³/mol. The van der Waals surface area contributed by atoms with Crippen molar-refractivity contribution in [1.29, 1.82) is 0 Å². The first-order valence-corrected chi connectivity index (χ1v) is 15.3. The number of rotatable bonds is 10. The molecule has 5 heterocycles. The molecule has 232 valence electrons. The molecule has 0 aliphatic carbocycles. The van der Waals surface area contributed by atoms with Gasteiger partial charge in [-0.3, -0.25) is 9.58 Å². The number of fused-ring (bicyclic) bond motifs is 1. The maximum absolute atomic E-state index is 14.9. The van der Waals surface area contributed by atoms with Gasteiger partial charge in [0.2, 0.25) is 5.88 Å². The molecule has 0 spiro atoms. The maximum atomic E-state index is 14.9. The molecule has 2 fully saturated rings. The number of hydrogen-bond acceptors (Lipinski definition) is 7. The van der Waals surface area contributed by atoms with Crippen LogP contribution in [0.4, 0.5) is 4.39 Å². The summed E-state index contributed by atoms with van der Waals surface area (Å²) in [6, 6.07) is 16.0. The van der Waals surface area contributed by atoms with E-state index in [1.54, 1.807) is 35.1 Å². The molecule has 1 atom stereocenters.